The third-order valence-electron chi connectivity index (χ3n) is 2.58. The Hall–Kier alpha value is -0.340. The van der Waals surface area contributed by atoms with Gasteiger partial charge in [0.05, 0.1) is 5.92 Å². The molecule has 0 saturated carbocycles. The molecule has 2 unspecified atom stereocenters. The van der Waals surface area contributed by atoms with Gasteiger partial charge in [-0.05, 0) is 12.8 Å². The van der Waals surface area contributed by atoms with Crippen LogP contribution < -0.4 is 0 Å². The van der Waals surface area contributed by atoms with Crippen LogP contribution in [0.25, 0.3) is 0 Å². The van der Waals surface area contributed by atoms with E-state index in [4.69, 9.17) is 5.11 Å². The number of unbranched alkanes of at least 4 members (excludes halogenated alkanes) is 2. The van der Waals surface area contributed by atoms with Crippen LogP contribution in [0.15, 0.2) is 0 Å². The molecular weight excluding hydrogens is 227 g/mol. The second-order valence-electron chi connectivity index (χ2n) is 4.28. The van der Waals surface area contributed by atoms with Gasteiger partial charge in [0.15, 0.2) is 0 Å². The molecule has 2 atom stereocenters. The fourth-order valence-electron chi connectivity index (χ4n) is 1.72. The first-order chi connectivity index (χ1) is 7.43. The Balaban J connectivity index is 4.22. The summed E-state index contributed by atoms with van der Waals surface area (Å²) in [6.07, 6.45) is 4.11. The maximum absolute atomic E-state index is 11.7. The summed E-state index contributed by atoms with van der Waals surface area (Å²) in [6, 6.07) is 0. The van der Waals surface area contributed by atoms with Gasteiger partial charge in [0.2, 0.25) is 7.37 Å². The Kier molecular flexibility index (Phi) is 7.69. The summed E-state index contributed by atoms with van der Waals surface area (Å²) < 4.78 is 11.7. The Bertz CT molecular complexity index is 252. The van der Waals surface area contributed by atoms with Crippen LogP contribution >= 0.6 is 7.37 Å². The van der Waals surface area contributed by atoms with E-state index < -0.39 is 19.3 Å². The van der Waals surface area contributed by atoms with E-state index in [9.17, 15) is 14.3 Å². The number of carboxylic acids is 1. The smallest absolute Gasteiger partial charge is 0.307 e. The zero-order valence-corrected chi connectivity index (χ0v) is 11.1. The SMILES string of the molecule is CCCCCC(CP(=O)(O)CCC)C(=O)O. The van der Waals surface area contributed by atoms with E-state index >= 15 is 0 Å². The molecule has 0 aromatic heterocycles. The lowest BCUT2D eigenvalue weighted by Gasteiger charge is -2.16. The van der Waals surface area contributed by atoms with Crippen molar-refractivity contribution < 1.29 is 19.4 Å². The molecule has 0 spiro atoms. The van der Waals surface area contributed by atoms with Crippen LogP contribution in [0.3, 0.4) is 0 Å². The highest BCUT2D eigenvalue weighted by Crippen LogP contribution is 2.43. The number of hydrogen-bond acceptors (Lipinski definition) is 2. The molecule has 0 fully saturated rings. The molecule has 16 heavy (non-hydrogen) atoms. The van der Waals surface area contributed by atoms with Crippen molar-refractivity contribution in [2.45, 2.75) is 46.0 Å². The molecule has 0 saturated heterocycles. The lowest BCUT2D eigenvalue weighted by atomic mass is 10.0. The second-order valence-corrected chi connectivity index (χ2v) is 6.79. The average molecular weight is 250 g/mol. The molecule has 0 amide bonds. The standard InChI is InChI=1S/C11H23O4P/c1-3-5-6-7-10(11(12)13)9-16(14,15)8-4-2/h10H,3-9H2,1-2H3,(H,12,13)(H,14,15). The van der Waals surface area contributed by atoms with Crippen molar-refractivity contribution in [2.24, 2.45) is 5.92 Å². The zero-order chi connectivity index (χ0) is 12.6. The lowest BCUT2D eigenvalue weighted by Crippen LogP contribution is -2.18. The van der Waals surface area contributed by atoms with Crippen molar-refractivity contribution >= 4 is 13.3 Å². The van der Waals surface area contributed by atoms with E-state index in [1.54, 1.807) is 0 Å². The summed E-state index contributed by atoms with van der Waals surface area (Å²) in [6.45, 7) is 3.87. The number of hydrogen-bond donors (Lipinski definition) is 2. The number of aliphatic carboxylic acids is 1. The molecule has 2 N–H and O–H groups in total. The van der Waals surface area contributed by atoms with Gasteiger partial charge in [0.25, 0.3) is 0 Å². The summed E-state index contributed by atoms with van der Waals surface area (Å²) in [7, 11) is -3.23. The Morgan fingerprint density at radius 3 is 2.31 bits per heavy atom. The molecule has 0 rings (SSSR count). The summed E-state index contributed by atoms with van der Waals surface area (Å²) in [5.74, 6) is -1.60. The normalized spacial score (nSPS) is 16.7. The molecule has 0 aliphatic heterocycles. The highest BCUT2D eigenvalue weighted by atomic mass is 31.2. The third-order valence-corrected chi connectivity index (χ3v) is 4.74. The van der Waals surface area contributed by atoms with Crippen LogP contribution in [0.4, 0.5) is 0 Å². The van der Waals surface area contributed by atoms with Gasteiger partial charge in [-0.2, -0.15) is 0 Å². The maximum Gasteiger partial charge on any atom is 0.307 e. The molecule has 0 aromatic carbocycles. The highest BCUT2D eigenvalue weighted by molar-refractivity contribution is 7.58. The first-order valence-corrected chi connectivity index (χ1v) is 7.99. The minimum Gasteiger partial charge on any atom is -0.481 e. The second kappa shape index (κ2) is 7.86. The van der Waals surface area contributed by atoms with Crippen LogP contribution in [0.1, 0.15) is 46.0 Å². The van der Waals surface area contributed by atoms with Gasteiger partial charge in [-0.1, -0.05) is 33.1 Å². The number of carbonyl (C=O) groups is 1. The molecule has 0 bridgehead atoms. The van der Waals surface area contributed by atoms with Crippen LogP contribution in [-0.4, -0.2) is 28.3 Å². The molecular formula is C11H23O4P. The fourth-order valence-corrected chi connectivity index (χ4v) is 3.63. The van der Waals surface area contributed by atoms with Crippen LogP contribution in [-0.2, 0) is 9.36 Å². The van der Waals surface area contributed by atoms with Gasteiger partial charge in [-0.15, -0.1) is 0 Å². The van der Waals surface area contributed by atoms with E-state index in [2.05, 4.69) is 0 Å². The largest absolute Gasteiger partial charge is 0.481 e. The zero-order valence-electron chi connectivity index (χ0n) is 10.2. The summed E-state index contributed by atoms with van der Waals surface area (Å²) in [4.78, 5) is 20.5. The molecule has 0 aliphatic carbocycles. The van der Waals surface area contributed by atoms with E-state index in [1.165, 1.54) is 0 Å². The van der Waals surface area contributed by atoms with E-state index in [1.807, 2.05) is 13.8 Å². The van der Waals surface area contributed by atoms with Gasteiger partial charge in [0, 0.05) is 12.3 Å². The average Bonchev–Trinajstić information content (AvgIpc) is 2.16. The van der Waals surface area contributed by atoms with Crippen LogP contribution in [0.5, 0.6) is 0 Å². The monoisotopic (exact) mass is 250 g/mol. The molecule has 5 heteroatoms. The van der Waals surface area contributed by atoms with Crippen molar-refractivity contribution in [3.63, 3.8) is 0 Å². The van der Waals surface area contributed by atoms with E-state index in [0.717, 1.165) is 19.3 Å². The molecule has 0 aromatic rings. The predicted octanol–water partition coefficient (Wildman–Crippen LogP) is 2.95. The minimum atomic E-state index is -3.23. The van der Waals surface area contributed by atoms with E-state index in [0.29, 0.717) is 12.8 Å². The van der Waals surface area contributed by atoms with Gasteiger partial charge in [-0.25, -0.2) is 0 Å². The fraction of sp³-hybridized carbons (Fsp3) is 0.909. The van der Waals surface area contributed by atoms with Crippen molar-refractivity contribution in [3.05, 3.63) is 0 Å². The van der Waals surface area contributed by atoms with Gasteiger partial charge in [-0.3, -0.25) is 9.36 Å². The van der Waals surface area contributed by atoms with Gasteiger partial charge in [0.1, 0.15) is 0 Å². The van der Waals surface area contributed by atoms with Crippen molar-refractivity contribution in [1.29, 1.82) is 0 Å². The number of carboxylic acid groups (broad SMARTS) is 1. The third kappa shape index (κ3) is 7.02. The predicted molar refractivity (Wildman–Crippen MR) is 65.1 cm³/mol. The molecule has 0 heterocycles. The van der Waals surface area contributed by atoms with Crippen molar-refractivity contribution in [1.82, 2.24) is 0 Å². The van der Waals surface area contributed by atoms with Gasteiger partial charge < -0.3 is 10.00 Å². The first-order valence-electron chi connectivity index (χ1n) is 5.96. The Labute approximate surface area is 97.5 Å². The molecule has 96 valence electrons. The van der Waals surface area contributed by atoms with Gasteiger partial charge >= 0.3 is 5.97 Å². The Morgan fingerprint density at radius 1 is 1.25 bits per heavy atom. The Morgan fingerprint density at radius 2 is 1.88 bits per heavy atom. The highest BCUT2D eigenvalue weighted by Gasteiger charge is 2.27. The molecule has 0 aliphatic rings. The van der Waals surface area contributed by atoms with Crippen LogP contribution in [0, 0.1) is 5.92 Å². The quantitative estimate of drug-likeness (QED) is 0.487. The topological polar surface area (TPSA) is 74.6 Å². The molecule has 0 radical (unpaired) electrons. The first kappa shape index (κ1) is 15.7. The van der Waals surface area contributed by atoms with Crippen molar-refractivity contribution in [3.8, 4) is 0 Å². The molecule has 4 nitrogen and oxygen atoms in total. The summed E-state index contributed by atoms with van der Waals surface area (Å²) in [5.41, 5.74) is 0. The maximum atomic E-state index is 11.7. The van der Waals surface area contributed by atoms with Crippen molar-refractivity contribution in [2.75, 3.05) is 12.3 Å². The summed E-state index contributed by atoms with van der Waals surface area (Å²) in [5, 5.41) is 8.97. The summed E-state index contributed by atoms with van der Waals surface area (Å²) >= 11 is 0. The van der Waals surface area contributed by atoms with Crippen LogP contribution in [0.2, 0.25) is 0 Å². The lowest BCUT2D eigenvalue weighted by molar-refractivity contribution is -0.141. The van der Waals surface area contributed by atoms with E-state index in [-0.39, 0.29) is 12.3 Å². The minimum absolute atomic E-state index is 0.0696. The number of rotatable bonds is 9.